The van der Waals surface area contributed by atoms with Gasteiger partial charge in [-0.2, -0.15) is 0 Å². The van der Waals surface area contributed by atoms with Crippen LogP contribution < -0.4 is 4.74 Å². The van der Waals surface area contributed by atoms with Crippen LogP contribution in [-0.4, -0.2) is 17.8 Å². The summed E-state index contributed by atoms with van der Waals surface area (Å²) >= 11 is 0. The lowest BCUT2D eigenvalue weighted by Gasteiger charge is -2.33. The second-order valence-electron chi connectivity index (χ2n) is 4.42. The fraction of sp³-hybridized carbons (Fsp3) is 0.500. The lowest BCUT2D eigenvalue weighted by molar-refractivity contribution is 0.0490. The van der Waals surface area contributed by atoms with Crippen LogP contribution in [-0.2, 0) is 0 Å². The molecule has 0 aliphatic carbocycles. The number of benzene rings is 1. The van der Waals surface area contributed by atoms with E-state index in [9.17, 15) is 13.9 Å². The fourth-order valence-corrected chi connectivity index (χ4v) is 2.23. The van der Waals surface area contributed by atoms with Crippen LogP contribution in [0.15, 0.2) is 12.1 Å². The first-order valence-electron chi connectivity index (χ1n) is 5.31. The number of halogens is 2. The molecule has 0 bridgehead atoms. The zero-order chi connectivity index (χ0) is 11.9. The van der Waals surface area contributed by atoms with E-state index in [1.807, 2.05) is 13.8 Å². The molecule has 2 nitrogen and oxygen atoms in total. The average Bonchev–Trinajstić information content (AvgIpc) is 2.23. The van der Waals surface area contributed by atoms with E-state index in [0.29, 0.717) is 5.75 Å². The molecule has 1 aliphatic heterocycles. The minimum Gasteiger partial charge on any atom is -0.490 e. The van der Waals surface area contributed by atoms with Crippen LogP contribution in [0.25, 0.3) is 0 Å². The van der Waals surface area contributed by atoms with Crippen LogP contribution in [0, 0.1) is 17.6 Å². The second-order valence-corrected chi connectivity index (χ2v) is 4.42. The Labute approximate surface area is 92.9 Å². The van der Waals surface area contributed by atoms with Gasteiger partial charge >= 0.3 is 0 Å². The Bertz CT molecular complexity index is 404. The van der Waals surface area contributed by atoms with Crippen molar-refractivity contribution in [3.8, 4) is 5.75 Å². The first-order valence-corrected chi connectivity index (χ1v) is 5.31. The van der Waals surface area contributed by atoms with Crippen molar-refractivity contribution in [2.75, 3.05) is 6.61 Å². The van der Waals surface area contributed by atoms with Gasteiger partial charge in [-0.3, -0.25) is 0 Å². The maximum absolute atomic E-state index is 13.7. The second kappa shape index (κ2) is 4.01. The highest BCUT2D eigenvalue weighted by Gasteiger charge is 2.35. The fourth-order valence-electron chi connectivity index (χ4n) is 2.23. The zero-order valence-electron chi connectivity index (χ0n) is 9.21. The van der Waals surface area contributed by atoms with Crippen molar-refractivity contribution >= 4 is 0 Å². The molecule has 0 unspecified atom stereocenters. The number of rotatable bonds is 1. The van der Waals surface area contributed by atoms with Gasteiger partial charge < -0.3 is 9.84 Å². The van der Waals surface area contributed by atoms with Crippen LogP contribution >= 0.6 is 0 Å². The van der Waals surface area contributed by atoms with Gasteiger partial charge in [0.25, 0.3) is 0 Å². The highest BCUT2D eigenvalue weighted by atomic mass is 19.2. The smallest absolute Gasteiger partial charge is 0.166 e. The van der Waals surface area contributed by atoms with E-state index in [1.54, 1.807) is 0 Å². The number of aliphatic hydroxyl groups is 1. The molecule has 0 saturated carbocycles. The molecule has 0 spiro atoms. The summed E-state index contributed by atoms with van der Waals surface area (Å²) in [7, 11) is 0. The number of aliphatic hydroxyl groups excluding tert-OH is 1. The summed E-state index contributed by atoms with van der Waals surface area (Å²) in [6.07, 6.45) is -0.788. The van der Waals surface area contributed by atoms with Crippen LogP contribution in [0.2, 0.25) is 0 Å². The Morgan fingerprint density at radius 2 is 2.06 bits per heavy atom. The molecule has 1 aliphatic rings. The van der Waals surface area contributed by atoms with E-state index in [1.165, 1.54) is 6.07 Å². The van der Waals surface area contributed by atoms with Crippen molar-refractivity contribution in [2.24, 2.45) is 5.92 Å². The summed E-state index contributed by atoms with van der Waals surface area (Å²) in [5.74, 6) is -1.87. The van der Waals surface area contributed by atoms with E-state index < -0.39 is 23.7 Å². The van der Waals surface area contributed by atoms with Crippen LogP contribution in [0.3, 0.4) is 0 Å². The van der Waals surface area contributed by atoms with Gasteiger partial charge in [-0.15, -0.1) is 0 Å². The summed E-state index contributed by atoms with van der Waals surface area (Å²) in [6.45, 7) is 3.86. The van der Waals surface area contributed by atoms with E-state index >= 15 is 0 Å². The third-order valence-corrected chi connectivity index (χ3v) is 2.97. The van der Waals surface area contributed by atoms with Crippen molar-refractivity contribution < 1.29 is 18.6 Å². The SMILES string of the molecule is CC(C)[C@@H]1c2c(ccc(F)c2F)OC[C@@H]1O. The lowest BCUT2D eigenvalue weighted by atomic mass is 9.82. The van der Waals surface area contributed by atoms with Crippen molar-refractivity contribution in [1.82, 2.24) is 0 Å². The summed E-state index contributed by atoms with van der Waals surface area (Å²) in [5, 5.41) is 9.79. The standard InChI is InChI=1S/C12H14F2O2/c1-6(2)10-8(15)5-16-9-4-3-7(13)12(14)11(9)10/h3-4,6,8,10,15H,5H2,1-2H3/t8-,10-/m0/s1. The molecule has 0 fully saturated rings. The highest BCUT2D eigenvalue weighted by Crippen LogP contribution is 2.40. The quantitative estimate of drug-likeness (QED) is 0.800. The third kappa shape index (κ3) is 1.67. The molecule has 4 heteroatoms. The predicted molar refractivity (Wildman–Crippen MR) is 55.4 cm³/mol. The minimum absolute atomic E-state index is 0.0222. The Morgan fingerprint density at radius 3 is 2.69 bits per heavy atom. The Morgan fingerprint density at radius 1 is 1.38 bits per heavy atom. The van der Waals surface area contributed by atoms with Gasteiger partial charge in [0.05, 0.1) is 6.10 Å². The van der Waals surface area contributed by atoms with Crippen molar-refractivity contribution in [1.29, 1.82) is 0 Å². The van der Waals surface area contributed by atoms with E-state index in [2.05, 4.69) is 0 Å². The summed E-state index contributed by atoms with van der Waals surface area (Å²) < 4.78 is 32.1. The zero-order valence-corrected chi connectivity index (χ0v) is 9.21. The van der Waals surface area contributed by atoms with Crippen LogP contribution in [0.1, 0.15) is 25.3 Å². The molecule has 2 atom stereocenters. The van der Waals surface area contributed by atoms with Gasteiger partial charge in [-0.1, -0.05) is 13.8 Å². The Kier molecular flexibility index (Phi) is 2.84. The predicted octanol–water partition coefficient (Wildman–Crippen LogP) is 2.46. The molecule has 1 heterocycles. The van der Waals surface area contributed by atoms with Crippen molar-refractivity contribution in [3.05, 3.63) is 29.3 Å². The Hall–Kier alpha value is -1.16. The van der Waals surface area contributed by atoms with Crippen molar-refractivity contribution in [3.63, 3.8) is 0 Å². The van der Waals surface area contributed by atoms with Gasteiger partial charge in [-0.05, 0) is 18.1 Å². The van der Waals surface area contributed by atoms with Crippen molar-refractivity contribution in [2.45, 2.75) is 25.9 Å². The molecule has 0 amide bonds. The van der Waals surface area contributed by atoms with Gasteiger partial charge in [0.15, 0.2) is 11.6 Å². The van der Waals surface area contributed by atoms with Gasteiger partial charge in [0, 0.05) is 11.5 Å². The van der Waals surface area contributed by atoms with Gasteiger partial charge in [0.2, 0.25) is 0 Å². The number of hydrogen-bond donors (Lipinski definition) is 1. The van der Waals surface area contributed by atoms with Crippen LogP contribution in [0.5, 0.6) is 5.75 Å². The maximum Gasteiger partial charge on any atom is 0.166 e. The number of fused-ring (bicyclic) bond motifs is 1. The summed E-state index contributed by atoms with van der Waals surface area (Å²) in [6, 6.07) is 2.46. The van der Waals surface area contributed by atoms with Gasteiger partial charge in [-0.25, -0.2) is 8.78 Å². The van der Waals surface area contributed by atoms with E-state index in [-0.39, 0.29) is 18.1 Å². The summed E-state index contributed by atoms with van der Waals surface area (Å²) in [4.78, 5) is 0. The largest absolute Gasteiger partial charge is 0.490 e. The molecule has 0 radical (unpaired) electrons. The molecule has 0 aromatic heterocycles. The molecule has 88 valence electrons. The maximum atomic E-state index is 13.7. The number of ether oxygens (including phenoxy) is 1. The molecule has 1 aromatic rings. The third-order valence-electron chi connectivity index (χ3n) is 2.97. The molecule has 16 heavy (non-hydrogen) atoms. The average molecular weight is 228 g/mol. The first-order chi connectivity index (χ1) is 7.52. The van der Waals surface area contributed by atoms with Gasteiger partial charge in [0.1, 0.15) is 12.4 Å². The normalized spacial score (nSPS) is 24.1. The monoisotopic (exact) mass is 228 g/mol. The first kappa shape index (κ1) is 11.3. The molecule has 1 aromatic carbocycles. The Balaban J connectivity index is 2.57. The van der Waals surface area contributed by atoms with E-state index in [4.69, 9.17) is 4.74 Å². The lowest BCUT2D eigenvalue weighted by Crippen LogP contribution is -2.34. The molecule has 2 rings (SSSR count). The topological polar surface area (TPSA) is 29.5 Å². The molecular weight excluding hydrogens is 214 g/mol. The molecular formula is C12H14F2O2. The molecule has 0 saturated heterocycles. The molecule has 1 N–H and O–H groups in total. The van der Waals surface area contributed by atoms with E-state index in [0.717, 1.165) is 6.07 Å². The van der Waals surface area contributed by atoms with Crippen LogP contribution in [0.4, 0.5) is 8.78 Å². The minimum atomic E-state index is -0.907. The summed E-state index contributed by atoms with van der Waals surface area (Å²) in [5.41, 5.74) is 0.161. The number of hydrogen-bond acceptors (Lipinski definition) is 2. The highest BCUT2D eigenvalue weighted by molar-refractivity contribution is 5.41.